The van der Waals surface area contributed by atoms with Gasteiger partial charge in [0.25, 0.3) is 5.91 Å². The molecule has 0 radical (unpaired) electrons. The van der Waals surface area contributed by atoms with E-state index in [1.807, 2.05) is 0 Å². The maximum absolute atomic E-state index is 10.7. The van der Waals surface area contributed by atoms with Gasteiger partial charge in [0.05, 0.1) is 10.5 Å². The first kappa shape index (κ1) is 10.7. The number of pyridine rings is 1. The van der Waals surface area contributed by atoms with Gasteiger partial charge in [-0.25, -0.2) is 4.98 Å². The summed E-state index contributed by atoms with van der Waals surface area (Å²) in [6.07, 6.45) is 1.14. The second kappa shape index (κ2) is 4.25. The fourth-order valence-electron chi connectivity index (χ4n) is 0.766. The molecule has 0 spiro atoms. The smallest absolute Gasteiger partial charge is 0.303 e. The molecule has 2 N–H and O–H groups in total. The Balaban J connectivity index is 3.27. The van der Waals surface area contributed by atoms with Crippen molar-refractivity contribution in [3.8, 4) is 0 Å². The van der Waals surface area contributed by atoms with Gasteiger partial charge in [0.15, 0.2) is 5.03 Å². The summed E-state index contributed by atoms with van der Waals surface area (Å²) in [5, 5.41) is 10.5. The summed E-state index contributed by atoms with van der Waals surface area (Å²) in [4.78, 5) is 24.1. The molecule has 8 heteroatoms. The lowest BCUT2D eigenvalue weighted by Crippen LogP contribution is -2.11. The maximum atomic E-state index is 10.7. The van der Waals surface area contributed by atoms with Crippen LogP contribution in [0.3, 0.4) is 0 Å². The minimum Gasteiger partial charge on any atom is -0.366 e. The van der Waals surface area contributed by atoms with Crippen molar-refractivity contribution >= 4 is 33.3 Å². The van der Waals surface area contributed by atoms with E-state index in [-0.39, 0.29) is 16.3 Å². The van der Waals surface area contributed by atoms with Crippen molar-refractivity contribution in [1.29, 1.82) is 0 Å². The average molecular weight is 234 g/mol. The van der Waals surface area contributed by atoms with E-state index in [2.05, 4.69) is 4.98 Å². The largest absolute Gasteiger partial charge is 0.366 e. The SMILES string of the molecule is NC(=O)c1cnc(SCl)c([N+](=O)[O-])c1. The molecule has 0 aliphatic heterocycles. The third kappa shape index (κ3) is 2.12. The van der Waals surface area contributed by atoms with Gasteiger partial charge in [-0.1, -0.05) is 0 Å². The molecule has 1 aromatic heterocycles. The second-order valence-corrected chi connectivity index (χ2v) is 3.25. The third-order valence-corrected chi connectivity index (χ3v) is 2.29. The van der Waals surface area contributed by atoms with Crippen molar-refractivity contribution in [2.24, 2.45) is 5.73 Å². The minimum atomic E-state index is -0.772. The summed E-state index contributed by atoms with van der Waals surface area (Å²) < 4.78 is 0. The zero-order valence-electron chi connectivity index (χ0n) is 6.64. The Morgan fingerprint density at radius 1 is 1.71 bits per heavy atom. The summed E-state index contributed by atoms with van der Waals surface area (Å²) in [6.45, 7) is 0. The second-order valence-electron chi connectivity index (χ2n) is 2.25. The van der Waals surface area contributed by atoms with Gasteiger partial charge in [-0.2, -0.15) is 0 Å². The van der Waals surface area contributed by atoms with Crippen LogP contribution in [0.4, 0.5) is 5.69 Å². The molecule has 74 valence electrons. The van der Waals surface area contributed by atoms with Crippen LogP contribution in [0.5, 0.6) is 0 Å². The molecule has 0 bridgehead atoms. The van der Waals surface area contributed by atoms with Gasteiger partial charge in [0.1, 0.15) is 0 Å². The number of nitrogens with zero attached hydrogens (tertiary/aromatic N) is 2. The molecular formula is C6H4ClN3O3S. The lowest BCUT2D eigenvalue weighted by molar-refractivity contribution is -0.388. The van der Waals surface area contributed by atoms with Crippen LogP contribution in [0.2, 0.25) is 0 Å². The average Bonchev–Trinajstić information content (AvgIpc) is 2.16. The van der Waals surface area contributed by atoms with E-state index >= 15 is 0 Å². The van der Waals surface area contributed by atoms with Gasteiger partial charge in [-0.15, -0.1) is 0 Å². The van der Waals surface area contributed by atoms with E-state index in [0.717, 1.165) is 12.3 Å². The minimum absolute atomic E-state index is 0.0221. The first-order chi connectivity index (χ1) is 6.56. The van der Waals surface area contributed by atoms with E-state index in [1.54, 1.807) is 0 Å². The van der Waals surface area contributed by atoms with Crippen LogP contribution in [0.25, 0.3) is 0 Å². The summed E-state index contributed by atoms with van der Waals surface area (Å²) in [7, 11) is 5.95. The maximum Gasteiger partial charge on any atom is 0.303 e. The van der Waals surface area contributed by atoms with Crippen LogP contribution < -0.4 is 5.73 Å². The number of aromatic nitrogens is 1. The molecule has 1 rings (SSSR count). The highest BCUT2D eigenvalue weighted by Gasteiger charge is 2.17. The van der Waals surface area contributed by atoms with Crippen LogP contribution in [-0.4, -0.2) is 15.8 Å². The molecule has 0 saturated heterocycles. The Morgan fingerprint density at radius 3 is 2.79 bits per heavy atom. The Labute approximate surface area is 87.1 Å². The molecule has 1 aromatic rings. The molecule has 0 aromatic carbocycles. The van der Waals surface area contributed by atoms with E-state index < -0.39 is 10.8 Å². The zero-order valence-corrected chi connectivity index (χ0v) is 8.21. The van der Waals surface area contributed by atoms with Crippen LogP contribution in [0.15, 0.2) is 17.3 Å². The monoisotopic (exact) mass is 233 g/mol. The summed E-state index contributed by atoms with van der Waals surface area (Å²) in [6, 6.07) is 1.04. The highest BCUT2D eigenvalue weighted by atomic mass is 35.7. The number of nitro groups is 1. The van der Waals surface area contributed by atoms with Gasteiger partial charge in [-0.05, 0) is 10.7 Å². The molecule has 0 aliphatic rings. The van der Waals surface area contributed by atoms with Crippen molar-refractivity contribution in [1.82, 2.24) is 4.98 Å². The van der Waals surface area contributed by atoms with Gasteiger partial charge >= 0.3 is 5.69 Å². The third-order valence-electron chi connectivity index (χ3n) is 1.39. The van der Waals surface area contributed by atoms with Crippen molar-refractivity contribution < 1.29 is 9.72 Å². The van der Waals surface area contributed by atoms with Crippen molar-refractivity contribution in [3.05, 3.63) is 27.9 Å². The molecule has 0 unspecified atom stereocenters. The van der Waals surface area contributed by atoms with E-state index in [0.29, 0.717) is 11.0 Å². The topological polar surface area (TPSA) is 99.1 Å². The molecule has 1 amide bonds. The highest BCUT2D eigenvalue weighted by molar-refractivity contribution is 8.21. The number of amides is 1. The van der Waals surface area contributed by atoms with Crippen molar-refractivity contribution in [2.45, 2.75) is 5.03 Å². The molecular weight excluding hydrogens is 230 g/mol. The van der Waals surface area contributed by atoms with Crippen LogP contribution in [-0.2, 0) is 0 Å². The van der Waals surface area contributed by atoms with Crippen molar-refractivity contribution in [3.63, 3.8) is 0 Å². The predicted molar refractivity (Wildman–Crippen MR) is 51.1 cm³/mol. The molecule has 0 aliphatic carbocycles. The Bertz CT molecular complexity index is 398. The van der Waals surface area contributed by atoms with Gasteiger partial charge in [-0.3, -0.25) is 14.9 Å². The van der Waals surface area contributed by atoms with Crippen LogP contribution in [0, 0.1) is 10.1 Å². The van der Waals surface area contributed by atoms with Crippen molar-refractivity contribution in [2.75, 3.05) is 0 Å². The normalized spacial score (nSPS) is 9.79. The van der Waals surface area contributed by atoms with E-state index in [9.17, 15) is 14.9 Å². The lowest BCUT2D eigenvalue weighted by atomic mass is 10.2. The molecule has 14 heavy (non-hydrogen) atoms. The quantitative estimate of drug-likeness (QED) is 0.627. The molecule has 0 fully saturated rings. The van der Waals surface area contributed by atoms with Gasteiger partial charge in [0, 0.05) is 23.2 Å². The fourth-order valence-corrected chi connectivity index (χ4v) is 1.43. The Kier molecular flexibility index (Phi) is 3.26. The van der Waals surface area contributed by atoms with Gasteiger partial charge in [0.2, 0.25) is 0 Å². The summed E-state index contributed by atoms with van der Waals surface area (Å²) >= 11 is 0. The standard InChI is InChI=1S/C6H4ClN3O3S/c7-14-6-4(10(12)13)1-3(2-9-6)5(8)11/h1-2H,(H2,8,11). The Hall–Kier alpha value is -1.34. The number of nitrogens with two attached hydrogens (primary N) is 1. The number of hydrogen-bond donors (Lipinski definition) is 1. The summed E-state index contributed by atoms with van der Waals surface area (Å²) in [5.41, 5.74) is 4.58. The number of carbonyl (C=O) groups excluding carboxylic acids is 1. The van der Waals surface area contributed by atoms with E-state index in [1.165, 1.54) is 0 Å². The number of halogens is 1. The lowest BCUT2D eigenvalue weighted by Gasteiger charge is -1.98. The number of carbonyl (C=O) groups is 1. The Morgan fingerprint density at radius 2 is 2.36 bits per heavy atom. The van der Waals surface area contributed by atoms with Gasteiger partial charge < -0.3 is 5.73 Å². The number of hydrogen-bond acceptors (Lipinski definition) is 5. The number of rotatable bonds is 3. The van der Waals surface area contributed by atoms with Crippen LogP contribution >= 0.6 is 21.7 Å². The van der Waals surface area contributed by atoms with Crippen LogP contribution in [0.1, 0.15) is 10.4 Å². The fraction of sp³-hybridized carbons (Fsp3) is 0. The molecule has 0 atom stereocenters. The number of primary amides is 1. The molecule has 0 saturated carbocycles. The van der Waals surface area contributed by atoms with E-state index in [4.69, 9.17) is 16.4 Å². The zero-order chi connectivity index (χ0) is 10.7. The molecule has 1 heterocycles. The summed E-state index contributed by atoms with van der Waals surface area (Å²) in [5.74, 6) is -0.772. The first-order valence-corrected chi connectivity index (χ1v) is 4.93. The predicted octanol–water partition coefficient (Wildman–Crippen LogP) is 1.33. The highest BCUT2D eigenvalue weighted by Crippen LogP contribution is 2.29. The first-order valence-electron chi connectivity index (χ1n) is 3.29. The molecule has 6 nitrogen and oxygen atoms in total.